The largest absolute Gasteiger partial charge is 0.376 e. The van der Waals surface area contributed by atoms with Crippen molar-refractivity contribution in [2.75, 3.05) is 36.0 Å². The van der Waals surface area contributed by atoms with Gasteiger partial charge in [-0.2, -0.15) is 0 Å². The first-order valence-electron chi connectivity index (χ1n) is 11.7. The summed E-state index contributed by atoms with van der Waals surface area (Å²) in [5.74, 6) is 0. The van der Waals surface area contributed by atoms with E-state index in [0.717, 1.165) is 42.9 Å². The third kappa shape index (κ3) is 4.33. The van der Waals surface area contributed by atoms with E-state index in [4.69, 9.17) is 0 Å². The quantitative estimate of drug-likeness (QED) is 0.495. The van der Waals surface area contributed by atoms with Gasteiger partial charge in [-0.15, -0.1) is 0 Å². The van der Waals surface area contributed by atoms with E-state index in [2.05, 4.69) is 72.2 Å². The summed E-state index contributed by atoms with van der Waals surface area (Å²) in [6.07, 6.45) is 3.84. The van der Waals surface area contributed by atoms with E-state index in [1.165, 1.54) is 30.6 Å². The van der Waals surface area contributed by atoms with Crippen LogP contribution in [0.4, 0.5) is 11.4 Å². The molecular formula is C28H34N2O. The smallest absolute Gasteiger partial charge is 0.140 e. The Morgan fingerprint density at radius 2 is 1.23 bits per heavy atom. The molecule has 0 aromatic heterocycles. The molecule has 3 aromatic rings. The van der Waals surface area contributed by atoms with Crippen LogP contribution >= 0.6 is 0 Å². The normalized spacial score (nSPS) is 16.0. The predicted molar refractivity (Wildman–Crippen MR) is 131 cm³/mol. The summed E-state index contributed by atoms with van der Waals surface area (Å²) in [5.41, 5.74) is 3.91. The molecule has 4 rings (SSSR count). The monoisotopic (exact) mass is 414 g/mol. The molecule has 1 heterocycles. The Morgan fingerprint density at radius 1 is 0.710 bits per heavy atom. The molecule has 162 valence electrons. The highest BCUT2D eigenvalue weighted by molar-refractivity contribution is 5.56. The molecule has 1 atom stereocenters. The van der Waals surface area contributed by atoms with Crippen molar-refractivity contribution in [1.29, 1.82) is 0 Å². The van der Waals surface area contributed by atoms with Gasteiger partial charge in [-0.1, -0.05) is 54.6 Å². The van der Waals surface area contributed by atoms with Crippen molar-refractivity contribution in [1.82, 2.24) is 0 Å². The third-order valence-electron chi connectivity index (χ3n) is 6.61. The van der Waals surface area contributed by atoms with Gasteiger partial charge in [-0.05, 0) is 74.1 Å². The lowest BCUT2D eigenvalue weighted by Gasteiger charge is -2.32. The molecule has 1 aliphatic rings. The van der Waals surface area contributed by atoms with Crippen LogP contribution in [0.25, 0.3) is 0 Å². The molecule has 1 saturated heterocycles. The second-order valence-electron chi connectivity index (χ2n) is 8.39. The number of anilines is 2. The van der Waals surface area contributed by atoms with E-state index in [1.54, 1.807) is 0 Å². The molecule has 0 saturated carbocycles. The van der Waals surface area contributed by atoms with Crippen LogP contribution in [0.15, 0.2) is 78.9 Å². The molecule has 3 heteroatoms. The van der Waals surface area contributed by atoms with Crippen molar-refractivity contribution in [3.05, 3.63) is 95.6 Å². The number of benzene rings is 3. The summed E-state index contributed by atoms with van der Waals surface area (Å²) in [4.78, 5) is 4.77. The van der Waals surface area contributed by atoms with E-state index in [-0.39, 0.29) is 0 Å². The summed E-state index contributed by atoms with van der Waals surface area (Å²) >= 11 is 0. The highest BCUT2D eigenvalue weighted by atomic mass is 16.3. The molecule has 31 heavy (non-hydrogen) atoms. The molecule has 0 spiro atoms. The van der Waals surface area contributed by atoms with Crippen molar-refractivity contribution >= 4 is 11.4 Å². The number of rotatable bonds is 7. The number of piperidine rings is 1. The van der Waals surface area contributed by atoms with Crippen LogP contribution in [-0.4, -0.2) is 31.3 Å². The van der Waals surface area contributed by atoms with Crippen LogP contribution in [0, 0.1) is 0 Å². The molecule has 3 aromatic carbocycles. The summed E-state index contributed by atoms with van der Waals surface area (Å²) in [5, 5.41) is 12.1. The second kappa shape index (κ2) is 9.57. The van der Waals surface area contributed by atoms with E-state index < -0.39 is 5.60 Å². The van der Waals surface area contributed by atoms with Crippen LogP contribution in [-0.2, 0) is 5.60 Å². The molecule has 0 aliphatic carbocycles. The lowest BCUT2D eigenvalue weighted by Crippen LogP contribution is -2.31. The standard InChI is InChI=1S/C28H34N2O/c1-3-29(4-2)26-17-13-24(14-18-26)28(31,23-11-7-5-8-12-23)25-15-19-27(20-16-25)30-21-9-6-10-22-30/h5,7-8,11-20,31H,3-4,6,9-10,21-22H2,1-2H3. The van der Waals surface area contributed by atoms with Crippen molar-refractivity contribution in [2.24, 2.45) is 0 Å². The molecule has 3 nitrogen and oxygen atoms in total. The van der Waals surface area contributed by atoms with Gasteiger partial charge in [-0.3, -0.25) is 0 Å². The van der Waals surface area contributed by atoms with E-state index >= 15 is 0 Å². The molecule has 1 fully saturated rings. The molecule has 1 aliphatic heterocycles. The van der Waals surface area contributed by atoms with Crippen molar-refractivity contribution in [2.45, 2.75) is 38.7 Å². The predicted octanol–water partition coefficient (Wildman–Crippen LogP) is 5.81. The van der Waals surface area contributed by atoms with Crippen LogP contribution < -0.4 is 9.80 Å². The fraction of sp³-hybridized carbons (Fsp3) is 0.357. The van der Waals surface area contributed by atoms with Crippen LogP contribution in [0.2, 0.25) is 0 Å². The lowest BCUT2D eigenvalue weighted by atomic mass is 9.80. The Bertz CT molecular complexity index is 943. The Labute approximate surface area is 187 Å². The minimum absolute atomic E-state index is 0.885. The zero-order chi connectivity index (χ0) is 21.7. The highest BCUT2D eigenvalue weighted by Crippen LogP contribution is 2.38. The van der Waals surface area contributed by atoms with Gasteiger partial charge in [0.05, 0.1) is 0 Å². The minimum atomic E-state index is -1.19. The van der Waals surface area contributed by atoms with Crippen LogP contribution in [0.1, 0.15) is 49.8 Å². The Kier molecular flexibility index (Phi) is 6.62. The fourth-order valence-corrected chi connectivity index (χ4v) is 4.75. The first-order valence-corrected chi connectivity index (χ1v) is 11.7. The highest BCUT2D eigenvalue weighted by Gasteiger charge is 2.34. The maximum atomic E-state index is 12.1. The van der Waals surface area contributed by atoms with Crippen molar-refractivity contribution < 1.29 is 5.11 Å². The lowest BCUT2D eigenvalue weighted by molar-refractivity contribution is 0.126. The summed E-state index contributed by atoms with van der Waals surface area (Å²) in [6, 6.07) is 26.9. The number of nitrogens with zero attached hydrogens (tertiary/aromatic N) is 2. The van der Waals surface area contributed by atoms with E-state index in [9.17, 15) is 5.11 Å². The van der Waals surface area contributed by atoms with Gasteiger partial charge in [0.25, 0.3) is 0 Å². The van der Waals surface area contributed by atoms with Gasteiger partial charge < -0.3 is 14.9 Å². The summed E-state index contributed by atoms with van der Waals surface area (Å²) in [7, 11) is 0. The Balaban J connectivity index is 1.72. The zero-order valence-electron chi connectivity index (χ0n) is 18.8. The van der Waals surface area contributed by atoms with Gasteiger partial charge in [0.15, 0.2) is 0 Å². The number of hydrogen-bond donors (Lipinski definition) is 1. The molecule has 1 N–H and O–H groups in total. The first-order chi connectivity index (χ1) is 15.2. The summed E-state index contributed by atoms with van der Waals surface area (Å²) < 4.78 is 0. The Morgan fingerprint density at radius 3 is 1.77 bits per heavy atom. The average Bonchev–Trinajstić information content (AvgIpc) is 2.86. The molecular weight excluding hydrogens is 380 g/mol. The van der Waals surface area contributed by atoms with Gasteiger partial charge in [0.1, 0.15) is 5.60 Å². The van der Waals surface area contributed by atoms with Gasteiger partial charge in [-0.25, -0.2) is 0 Å². The van der Waals surface area contributed by atoms with E-state index in [1.807, 2.05) is 30.3 Å². The molecule has 0 radical (unpaired) electrons. The van der Waals surface area contributed by atoms with Crippen molar-refractivity contribution in [3.63, 3.8) is 0 Å². The van der Waals surface area contributed by atoms with Gasteiger partial charge >= 0.3 is 0 Å². The third-order valence-corrected chi connectivity index (χ3v) is 6.61. The van der Waals surface area contributed by atoms with E-state index in [0.29, 0.717) is 0 Å². The molecule has 1 unspecified atom stereocenters. The van der Waals surface area contributed by atoms with Gasteiger partial charge in [0, 0.05) is 37.6 Å². The number of hydrogen-bond acceptors (Lipinski definition) is 3. The maximum Gasteiger partial charge on any atom is 0.140 e. The SMILES string of the molecule is CCN(CC)c1ccc(C(O)(c2ccccc2)c2ccc(N3CCCCC3)cc2)cc1. The minimum Gasteiger partial charge on any atom is -0.376 e. The van der Waals surface area contributed by atoms with Crippen LogP contribution in [0.3, 0.4) is 0 Å². The fourth-order valence-electron chi connectivity index (χ4n) is 4.75. The Hall–Kier alpha value is -2.78. The number of aliphatic hydroxyl groups is 1. The molecule has 0 bridgehead atoms. The topological polar surface area (TPSA) is 26.7 Å². The van der Waals surface area contributed by atoms with Gasteiger partial charge in [0.2, 0.25) is 0 Å². The van der Waals surface area contributed by atoms with Crippen LogP contribution in [0.5, 0.6) is 0 Å². The first kappa shape index (κ1) is 21.5. The second-order valence-corrected chi connectivity index (χ2v) is 8.39. The zero-order valence-corrected chi connectivity index (χ0v) is 18.8. The average molecular weight is 415 g/mol. The maximum absolute atomic E-state index is 12.1. The molecule has 0 amide bonds. The summed E-state index contributed by atoms with van der Waals surface area (Å²) in [6.45, 7) is 8.51. The van der Waals surface area contributed by atoms with Crippen molar-refractivity contribution in [3.8, 4) is 0 Å².